The molecule has 1 aromatic rings. The monoisotopic (exact) mass is 296 g/mol. The highest BCUT2D eigenvalue weighted by molar-refractivity contribution is 5.96. The zero-order valence-corrected chi connectivity index (χ0v) is 12.3. The second-order valence-electron chi connectivity index (χ2n) is 4.88. The Kier molecular flexibility index (Phi) is 5.95. The Morgan fingerprint density at radius 1 is 1.29 bits per heavy atom. The molecule has 0 aromatic carbocycles. The molecule has 7 heteroatoms. The standard InChI is InChI=1S/C14H20N2O5/c1-4-8(2)11(14(19)20)16-12(17)9(3)15-13(18)10-6-5-7-21-10/h5-9,11H,4H2,1-3H3,(H,15,18)(H,16,17)(H,19,20)/t8?,9?,11-/m0/s1. The first-order valence-corrected chi connectivity index (χ1v) is 6.74. The fraction of sp³-hybridized carbons (Fsp3) is 0.500. The molecule has 1 rings (SSSR count). The van der Waals surface area contributed by atoms with Gasteiger partial charge in [-0.3, -0.25) is 9.59 Å². The number of carbonyl (C=O) groups excluding carboxylic acids is 2. The lowest BCUT2D eigenvalue weighted by Gasteiger charge is -2.22. The Bertz CT molecular complexity index is 497. The van der Waals surface area contributed by atoms with E-state index in [-0.39, 0.29) is 11.7 Å². The van der Waals surface area contributed by atoms with Crippen molar-refractivity contribution in [2.24, 2.45) is 5.92 Å². The van der Waals surface area contributed by atoms with Gasteiger partial charge in [-0.1, -0.05) is 20.3 Å². The third-order valence-corrected chi connectivity index (χ3v) is 3.26. The minimum Gasteiger partial charge on any atom is -0.480 e. The van der Waals surface area contributed by atoms with Crippen molar-refractivity contribution in [3.63, 3.8) is 0 Å². The van der Waals surface area contributed by atoms with Gasteiger partial charge in [0, 0.05) is 0 Å². The van der Waals surface area contributed by atoms with Crippen LogP contribution in [-0.4, -0.2) is 35.0 Å². The van der Waals surface area contributed by atoms with E-state index in [9.17, 15) is 14.4 Å². The van der Waals surface area contributed by atoms with Gasteiger partial charge < -0.3 is 20.2 Å². The van der Waals surface area contributed by atoms with E-state index < -0.39 is 29.9 Å². The van der Waals surface area contributed by atoms with Crippen molar-refractivity contribution in [2.75, 3.05) is 0 Å². The smallest absolute Gasteiger partial charge is 0.326 e. The van der Waals surface area contributed by atoms with Crippen LogP contribution in [0.2, 0.25) is 0 Å². The number of hydrogen-bond donors (Lipinski definition) is 3. The van der Waals surface area contributed by atoms with Gasteiger partial charge in [-0.05, 0) is 25.0 Å². The summed E-state index contributed by atoms with van der Waals surface area (Å²) in [7, 11) is 0. The number of nitrogens with one attached hydrogen (secondary N) is 2. The predicted molar refractivity (Wildman–Crippen MR) is 74.7 cm³/mol. The molecule has 0 bridgehead atoms. The topological polar surface area (TPSA) is 109 Å². The second-order valence-corrected chi connectivity index (χ2v) is 4.88. The van der Waals surface area contributed by atoms with Crippen molar-refractivity contribution < 1.29 is 23.9 Å². The maximum absolute atomic E-state index is 12.0. The van der Waals surface area contributed by atoms with Gasteiger partial charge in [0.05, 0.1) is 6.26 Å². The van der Waals surface area contributed by atoms with Gasteiger partial charge in [-0.2, -0.15) is 0 Å². The third-order valence-electron chi connectivity index (χ3n) is 3.26. The molecule has 116 valence electrons. The lowest BCUT2D eigenvalue weighted by atomic mass is 9.99. The summed E-state index contributed by atoms with van der Waals surface area (Å²) in [5.74, 6) is -2.30. The van der Waals surface area contributed by atoms with Gasteiger partial charge in [0.1, 0.15) is 12.1 Å². The Hall–Kier alpha value is -2.31. The SMILES string of the molecule is CCC(C)[C@H](NC(=O)C(C)NC(=O)c1ccco1)C(=O)O. The summed E-state index contributed by atoms with van der Waals surface area (Å²) in [4.78, 5) is 34.8. The Morgan fingerprint density at radius 2 is 1.95 bits per heavy atom. The molecule has 0 aliphatic rings. The molecule has 0 saturated heterocycles. The van der Waals surface area contributed by atoms with E-state index in [4.69, 9.17) is 9.52 Å². The molecular formula is C14H20N2O5. The van der Waals surface area contributed by atoms with Crippen LogP contribution in [0.4, 0.5) is 0 Å². The van der Waals surface area contributed by atoms with Gasteiger partial charge in [0.2, 0.25) is 5.91 Å². The summed E-state index contributed by atoms with van der Waals surface area (Å²) in [5, 5.41) is 14.0. The van der Waals surface area contributed by atoms with E-state index in [1.54, 1.807) is 13.0 Å². The summed E-state index contributed by atoms with van der Waals surface area (Å²) in [6, 6.07) is 1.18. The molecule has 0 aliphatic heterocycles. The number of carboxylic acid groups (broad SMARTS) is 1. The average molecular weight is 296 g/mol. The largest absolute Gasteiger partial charge is 0.480 e. The summed E-state index contributed by atoms with van der Waals surface area (Å²) in [5.41, 5.74) is 0. The zero-order chi connectivity index (χ0) is 16.0. The summed E-state index contributed by atoms with van der Waals surface area (Å²) >= 11 is 0. The van der Waals surface area contributed by atoms with Crippen LogP contribution in [0.1, 0.15) is 37.7 Å². The predicted octanol–water partition coefficient (Wildman–Crippen LogP) is 1.01. The van der Waals surface area contributed by atoms with Crippen LogP contribution in [0.25, 0.3) is 0 Å². The van der Waals surface area contributed by atoms with Gasteiger partial charge in [-0.25, -0.2) is 4.79 Å². The van der Waals surface area contributed by atoms with Crippen molar-refractivity contribution in [1.29, 1.82) is 0 Å². The highest BCUT2D eigenvalue weighted by Crippen LogP contribution is 2.08. The second kappa shape index (κ2) is 7.47. The minimum absolute atomic E-state index is 0.0892. The number of carbonyl (C=O) groups is 3. The highest BCUT2D eigenvalue weighted by Gasteiger charge is 2.28. The molecule has 1 heterocycles. The van der Waals surface area contributed by atoms with Gasteiger partial charge in [0.15, 0.2) is 5.76 Å². The fourth-order valence-electron chi connectivity index (χ4n) is 1.70. The molecule has 3 atom stereocenters. The van der Waals surface area contributed by atoms with E-state index in [1.165, 1.54) is 19.3 Å². The van der Waals surface area contributed by atoms with Crippen molar-refractivity contribution >= 4 is 17.8 Å². The molecule has 1 aromatic heterocycles. The number of amides is 2. The highest BCUT2D eigenvalue weighted by atomic mass is 16.4. The molecule has 3 N–H and O–H groups in total. The van der Waals surface area contributed by atoms with E-state index >= 15 is 0 Å². The first kappa shape index (κ1) is 16.7. The van der Waals surface area contributed by atoms with Crippen LogP contribution in [0, 0.1) is 5.92 Å². The maximum atomic E-state index is 12.0. The van der Waals surface area contributed by atoms with E-state index in [2.05, 4.69) is 10.6 Å². The summed E-state index contributed by atoms with van der Waals surface area (Å²) in [6.45, 7) is 5.06. The van der Waals surface area contributed by atoms with Crippen molar-refractivity contribution in [1.82, 2.24) is 10.6 Å². The molecule has 21 heavy (non-hydrogen) atoms. The van der Waals surface area contributed by atoms with Crippen molar-refractivity contribution in [3.05, 3.63) is 24.2 Å². The molecule has 0 saturated carbocycles. The van der Waals surface area contributed by atoms with Crippen LogP contribution in [0.15, 0.2) is 22.8 Å². The first-order valence-electron chi connectivity index (χ1n) is 6.74. The summed E-state index contributed by atoms with van der Waals surface area (Å²) in [6.07, 6.45) is 1.97. The van der Waals surface area contributed by atoms with Crippen molar-refractivity contribution in [2.45, 2.75) is 39.3 Å². The molecule has 2 amide bonds. The fourth-order valence-corrected chi connectivity index (χ4v) is 1.70. The first-order chi connectivity index (χ1) is 9.86. The molecule has 0 radical (unpaired) electrons. The molecule has 2 unspecified atom stereocenters. The van der Waals surface area contributed by atoms with Gasteiger partial charge in [0.25, 0.3) is 5.91 Å². The molecular weight excluding hydrogens is 276 g/mol. The van der Waals surface area contributed by atoms with Crippen LogP contribution in [0.5, 0.6) is 0 Å². The molecule has 0 spiro atoms. The number of furan rings is 1. The molecule has 7 nitrogen and oxygen atoms in total. The van der Waals surface area contributed by atoms with E-state index in [1.807, 2.05) is 6.92 Å². The summed E-state index contributed by atoms with van der Waals surface area (Å²) < 4.78 is 4.91. The minimum atomic E-state index is -1.10. The normalized spacial score (nSPS) is 14.8. The number of aliphatic carboxylic acids is 1. The van der Waals surface area contributed by atoms with E-state index in [0.717, 1.165) is 0 Å². The van der Waals surface area contributed by atoms with Crippen LogP contribution < -0.4 is 10.6 Å². The Balaban J connectivity index is 2.61. The van der Waals surface area contributed by atoms with Gasteiger partial charge >= 0.3 is 5.97 Å². The Labute approximate surface area is 122 Å². The third kappa shape index (κ3) is 4.62. The zero-order valence-electron chi connectivity index (χ0n) is 12.3. The molecule has 0 aliphatic carbocycles. The van der Waals surface area contributed by atoms with E-state index in [0.29, 0.717) is 6.42 Å². The molecule has 0 fully saturated rings. The number of rotatable bonds is 7. The van der Waals surface area contributed by atoms with Crippen LogP contribution in [0.3, 0.4) is 0 Å². The Morgan fingerprint density at radius 3 is 2.43 bits per heavy atom. The van der Waals surface area contributed by atoms with Crippen LogP contribution >= 0.6 is 0 Å². The number of hydrogen-bond acceptors (Lipinski definition) is 4. The van der Waals surface area contributed by atoms with Crippen LogP contribution in [-0.2, 0) is 9.59 Å². The maximum Gasteiger partial charge on any atom is 0.326 e. The van der Waals surface area contributed by atoms with Gasteiger partial charge in [-0.15, -0.1) is 0 Å². The quantitative estimate of drug-likeness (QED) is 0.696. The van der Waals surface area contributed by atoms with Crippen molar-refractivity contribution in [3.8, 4) is 0 Å². The number of carboxylic acids is 1. The lowest BCUT2D eigenvalue weighted by Crippen LogP contribution is -2.52. The average Bonchev–Trinajstić information content (AvgIpc) is 2.97. The lowest BCUT2D eigenvalue weighted by molar-refractivity contribution is -0.143.